The van der Waals surface area contributed by atoms with Crippen molar-refractivity contribution in [1.29, 1.82) is 0 Å². The van der Waals surface area contributed by atoms with Gasteiger partial charge in [-0.1, -0.05) is 267 Å². The Labute approximate surface area is 563 Å². The van der Waals surface area contributed by atoms with Gasteiger partial charge in [-0.15, -0.1) is 0 Å². The second-order valence-corrected chi connectivity index (χ2v) is 29.8. The summed E-state index contributed by atoms with van der Waals surface area (Å²) in [4.78, 5) is 5.13. The molecule has 460 valence electrons. The molecule has 0 spiro atoms. The average Bonchev–Trinajstić information content (AvgIpc) is 0.950. The van der Waals surface area contributed by atoms with Crippen LogP contribution in [0.5, 0.6) is 0 Å². The zero-order valence-electron chi connectivity index (χ0n) is 55.9. The Balaban J connectivity index is 0.901. The van der Waals surface area contributed by atoms with E-state index in [0.717, 1.165) is 47.0 Å². The number of allylic oxidation sites excluding steroid dienone is 4. The fourth-order valence-electron chi connectivity index (χ4n) is 18.5. The Morgan fingerprint density at radius 1 is 0.250 bits per heavy atom. The average molecular weight is 1230 g/mol. The third-order valence-electron chi connectivity index (χ3n) is 23.3. The highest BCUT2D eigenvalue weighted by Gasteiger charge is 2.41. The van der Waals surface area contributed by atoms with Crippen molar-refractivity contribution < 1.29 is 0 Å². The van der Waals surface area contributed by atoms with Gasteiger partial charge in [0.25, 0.3) is 0 Å². The molecule has 2 heteroatoms. The monoisotopic (exact) mass is 1230 g/mol. The highest BCUT2D eigenvalue weighted by atomic mass is 15.1. The third-order valence-corrected chi connectivity index (χ3v) is 23.3. The summed E-state index contributed by atoms with van der Waals surface area (Å²) in [5.74, 6) is 0. The van der Waals surface area contributed by atoms with Crippen LogP contribution in [0.25, 0.3) is 104 Å². The van der Waals surface area contributed by atoms with Crippen molar-refractivity contribution in [2.24, 2.45) is 0 Å². The Morgan fingerprint density at radius 2 is 0.573 bits per heavy atom. The van der Waals surface area contributed by atoms with E-state index in [1.807, 2.05) is 0 Å². The summed E-state index contributed by atoms with van der Waals surface area (Å²) in [5.41, 5.74) is 32.7. The number of nitrogens with zero attached hydrogens (tertiary/aromatic N) is 2. The Kier molecular flexibility index (Phi) is 12.0. The van der Waals surface area contributed by atoms with Crippen LogP contribution in [0.1, 0.15) is 113 Å². The van der Waals surface area contributed by atoms with E-state index in [2.05, 4.69) is 344 Å². The van der Waals surface area contributed by atoms with Crippen LogP contribution in [-0.2, 0) is 21.7 Å². The van der Waals surface area contributed by atoms with Crippen molar-refractivity contribution in [3.05, 3.63) is 329 Å². The fraction of sp³-hybridized carbons (Fsp3) is 0.149. The lowest BCUT2D eigenvalue weighted by molar-refractivity contribution is 0.607. The van der Waals surface area contributed by atoms with Gasteiger partial charge in [0.15, 0.2) is 0 Å². The van der Waals surface area contributed by atoms with Crippen LogP contribution < -0.4 is 9.80 Å². The lowest BCUT2D eigenvalue weighted by Gasteiger charge is -2.31. The van der Waals surface area contributed by atoms with Crippen molar-refractivity contribution in [2.75, 3.05) is 9.80 Å². The predicted octanol–water partition coefficient (Wildman–Crippen LogP) is 25.9. The van der Waals surface area contributed by atoms with E-state index in [9.17, 15) is 0 Å². The summed E-state index contributed by atoms with van der Waals surface area (Å²) in [6, 6.07) is 103. The zero-order valence-corrected chi connectivity index (χ0v) is 55.9. The van der Waals surface area contributed by atoms with Crippen molar-refractivity contribution in [3.63, 3.8) is 0 Å². The van der Waals surface area contributed by atoms with Crippen molar-refractivity contribution >= 4 is 82.8 Å². The molecular formula is C94H74N2. The van der Waals surface area contributed by atoms with E-state index in [1.54, 1.807) is 5.57 Å². The number of rotatable bonds is 8. The van der Waals surface area contributed by atoms with E-state index < -0.39 is 0 Å². The molecule has 0 atom stereocenters. The zero-order chi connectivity index (χ0) is 64.7. The van der Waals surface area contributed by atoms with Gasteiger partial charge in [-0.2, -0.15) is 0 Å². The molecule has 0 aliphatic heterocycles. The molecule has 0 amide bonds. The summed E-state index contributed by atoms with van der Waals surface area (Å²) in [6.45, 7) is 19.3. The molecule has 0 aromatic heterocycles. The van der Waals surface area contributed by atoms with Crippen LogP contribution in [0.3, 0.4) is 0 Å². The first-order valence-corrected chi connectivity index (χ1v) is 34.5. The molecule has 0 heterocycles. The number of hydrogen-bond donors (Lipinski definition) is 0. The number of fused-ring (bicyclic) bond motifs is 15. The van der Waals surface area contributed by atoms with E-state index in [-0.39, 0.29) is 21.7 Å². The topological polar surface area (TPSA) is 6.48 Å². The first-order valence-electron chi connectivity index (χ1n) is 34.5. The number of anilines is 6. The molecule has 5 aliphatic rings. The van der Waals surface area contributed by atoms with Gasteiger partial charge in [-0.3, -0.25) is 0 Å². The maximum atomic E-state index is 2.57. The predicted molar refractivity (Wildman–Crippen MR) is 408 cm³/mol. The van der Waals surface area contributed by atoms with Crippen molar-refractivity contribution in [2.45, 2.75) is 89.9 Å². The van der Waals surface area contributed by atoms with E-state index in [0.29, 0.717) is 0 Å². The van der Waals surface area contributed by atoms with Crippen LogP contribution in [0.2, 0.25) is 0 Å². The van der Waals surface area contributed by atoms with Crippen LogP contribution in [-0.4, -0.2) is 0 Å². The Hall–Kier alpha value is -10.8. The molecule has 5 aliphatic carbocycles. The van der Waals surface area contributed by atoms with E-state index in [4.69, 9.17) is 0 Å². The van der Waals surface area contributed by atoms with Crippen molar-refractivity contribution in [1.82, 2.24) is 0 Å². The van der Waals surface area contributed by atoms with Crippen molar-refractivity contribution in [3.8, 4) is 55.6 Å². The minimum Gasteiger partial charge on any atom is -0.310 e. The smallest absolute Gasteiger partial charge is 0.0468 e. The largest absolute Gasteiger partial charge is 0.310 e. The molecule has 14 aromatic rings. The summed E-state index contributed by atoms with van der Waals surface area (Å²) in [5, 5.41) is 9.68. The molecule has 0 saturated heterocycles. The highest BCUT2D eigenvalue weighted by molar-refractivity contribution is 6.26. The molecule has 19 rings (SSSR count). The second kappa shape index (κ2) is 20.4. The minimum atomic E-state index is -0.199. The molecule has 0 fully saturated rings. The van der Waals surface area contributed by atoms with Gasteiger partial charge in [0.2, 0.25) is 0 Å². The molecule has 96 heavy (non-hydrogen) atoms. The lowest BCUT2D eigenvalue weighted by atomic mass is 9.78. The van der Waals surface area contributed by atoms with Crippen LogP contribution in [0, 0.1) is 0 Å². The van der Waals surface area contributed by atoms with Gasteiger partial charge in [0, 0.05) is 55.8 Å². The second-order valence-electron chi connectivity index (χ2n) is 29.8. The maximum absolute atomic E-state index is 2.57. The van der Waals surface area contributed by atoms with Gasteiger partial charge < -0.3 is 9.80 Å². The SMILES string of the molecule is CC1(C)C2=C(C=CCC2)c2ccc(N(c3ccc4c(c3)C(C)(C)c3ccccc3-4)c3ccc4c(-c5cccc6ccccc56)c5cc(N(c6ccc7c(c6)C(C)(C)c6ccccc6-7)c6ccc7c(c6)C(C)(C)c6ccccc6-7)ccc5c(-c5cccc6ccccc56)c4c3)cc21. The standard InChI is InChI=1S/C94H74N2/c1-91(2)81-35-17-13-29-67(81)71-45-39-61(53-85(71)91)95(62-40-46-72-68-30-14-18-36-82(68)92(3,4)86(72)54-62)59-43-49-77-79(51-59)89(75-33-21-25-57-23-9-11-27-65(57)75)78-50-44-60(52-80(78)90(77)76-34-22-26-58-24-10-12-28-66(58)76)96(63-41-47-73-69-31-15-19-37-83(69)93(5,6)87(73)55-63)64-42-48-74-70-32-16-20-38-84(70)94(7,8)88(74)56-64/h9-19,21-37,39-56H,20,38H2,1-8H3. The van der Waals surface area contributed by atoms with Crippen LogP contribution >= 0.6 is 0 Å². The summed E-state index contributed by atoms with van der Waals surface area (Å²) in [7, 11) is 0. The normalized spacial score (nSPS) is 15.9. The molecule has 0 saturated carbocycles. The first kappa shape index (κ1) is 56.7. The maximum Gasteiger partial charge on any atom is 0.0468 e. The van der Waals surface area contributed by atoms with Crippen LogP contribution in [0.4, 0.5) is 34.1 Å². The summed E-state index contributed by atoms with van der Waals surface area (Å²) >= 11 is 0. The first-order chi connectivity index (χ1) is 46.6. The molecule has 0 unspecified atom stereocenters. The van der Waals surface area contributed by atoms with Gasteiger partial charge in [0.1, 0.15) is 0 Å². The van der Waals surface area contributed by atoms with Gasteiger partial charge in [-0.05, 0) is 234 Å². The Bertz CT molecular complexity index is 5680. The third kappa shape index (κ3) is 7.99. The highest BCUT2D eigenvalue weighted by Crippen LogP contribution is 2.58. The molecule has 14 aromatic carbocycles. The van der Waals surface area contributed by atoms with Gasteiger partial charge in [-0.25, -0.2) is 0 Å². The Morgan fingerprint density at radius 3 is 1.00 bits per heavy atom. The fourth-order valence-corrected chi connectivity index (χ4v) is 18.5. The van der Waals surface area contributed by atoms with Gasteiger partial charge >= 0.3 is 0 Å². The van der Waals surface area contributed by atoms with E-state index >= 15 is 0 Å². The number of benzene rings is 14. The molecule has 2 nitrogen and oxygen atoms in total. The molecular weight excluding hydrogens is 1160 g/mol. The minimum absolute atomic E-state index is 0.115. The quantitative estimate of drug-likeness (QED) is 0.140. The summed E-state index contributed by atoms with van der Waals surface area (Å²) in [6.07, 6.45) is 6.93. The number of hydrogen-bond acceptors (Lipinski definition) is 2. The van der Waals surface area contributed by atoms with E-state index in [1.165, 1.54) is 149 Å². The lowest BCUT2D eigenvalue weighted by Crippen LogP contribution is -2.19. The van der Waals surface area contributed by atoms with Gasteiger partial charge in [0.05, 0.1) is 0 Å². The summed E-state index contributed by atoms with van der Waals surface area (Å²) < 4.78 is 0. The van der Waals surface area contributed by atoms with Crippen LogP contribution in [0.15, 0.2) is 285 Å². The molecule has 0 bridgehead atoms. The molecule has 0 N–H and O–H groups in total. The molecule has 0 radical (unpaired) electrons.